The van der Waals surface area contributed by atoms with Crippen LogP contribution in [0, 0.1) is 12.3 Å². The van der Waals surface area contributed by atoms with Crippen LogP contribution in [0.1, 0.15) is 32.8 Å². The Kier molecular flexibility index (Phi) is 9.21. The first-order valence-electron chi connectivity index (χ1n) is 16.1. The number of aryl methyl sites for hydroxylation is 1. The van der Waals surface area contributed by atoms with Gasteiger partial charge in [-0.15, -0.1) is 0 Å². The van der Waals surface area contributed by atoms with Crippen LogP contribution in [0.5, 0.6) is 5.75 Å². The molecule has 0 fully saturated rings. The lowest BCUT2D eigenvalue weighted by molar-refractivity contribution is -0.144. The lowest BCUT2D eigenvalue weighted by atomic mass is 9.91. The number of benzene rings is 6. The molecule has 0 aliphatic rings. The number of anilines is 6. The second-order valence-corrected chi connectivity index (χ2v) is 12.4. The van der Waals surface area contributed by atoms with Crippen molar-refractivity contribution in [1.82, 2.24) is 0 Å². The summed E-state index contributed by atoms with van der Waals surface area (Å²) >= 11 is 0. The maximum Gasteiger partial charge on any atom is 0.316 e. The first-order chi connectivity index (χ1) is 22.8. The zero-order valence-corrected chi connectivity index (χ0v) is 27.4. The van der Waals surface area contributed by atoms with E-state index in [9.17, 15) is 4.79 Å². The molecule has 4 heteroatoms. The van der Waals surface area contributed by atoms with Crippen LogP contribution < -0.4 is 14.5 Å². The van der Waals surface area contributed by atoms with E-state index in [-0.39, 0.29) is 5.97 Å². The fourth-order valence-corrected chi connectivity index (χ4v) is 5.47. The summed E-state index contributed by atoms with van der Waals surface area (Å²) in [5, 5.41) is 0. The Bertz CT molecular complexity index is 1920. The highest BCUT2D eigenvalue weighted by Gasteiger charge is 2.27. The van der Waals surface area contributed by atoms with E-state index >= 15 is 0 Å². The maximum absolute atomic E-state index is 12.6. The Morgan fingerprint density at radius 3 is 1.38 bits per heavy atom. The average Bonchev–Trinajstić information content (AvgIpc) is 3.11. The summed E-state index contributed by atoms with van der Waals surface area (Å²) < 4.78 is 5.70. The summed E-state index contributed by atoms with van der Waals surface area (Å²) in [5.74, 6) is 0.319. The summed E-state index contributed by atoms with van der Waals surface area (Å²) in [6.45, 7) is 7.93. The van der Waals surface area contributed by atoms with E-state index in [1.54, 1.807) is 0 Å². The van der Waals surface area contributed by atoms with Gasteiger partial charge >= 0.3 is 5.97 Å². The molecule has 0 radical (unpaired) electrons. The van der Waals surface area contributed by atoms with E-state index in [4.69, 9.17) is 4.74 Å². The summed E-state index contributed by atoms with van der Waals surface area (Å²) in [5.41, 5.74) is 9.36. The Labute approximate surface area is 278 Å². The highest BCUT2D eigenvalue weighted by Crippen LogP contribution is 2.38. The van der Waals surface area contributed by atoms with Crippen LogP contribution >= 0.6 is 0 Å². The summed E-state index contributed by atoms with van der Waals surface area (Å²) in [4.78, 5) is 17.1. The van der Waals surface area contributed by atoms with E-state index in [1.165, 1.54) is 5.56 Å². The minimum Gasteiger partial charge on any atom is -0.426 e. The van der Waals surface area contributed by atoms with Gasteiger partial charge in [-0.05, 0) is 129 Å². The molecule has 6 aromatic rings. The number of hydrogen-bond acceptors (Lipinski definition) is 4. The van der Waals surface area contributed by atoms with Gasteiger partial charge in [0.05, 0.1) is 5.41 Å². The molecule has 6 rings (SSSR count). The van der Waals surface area contributed by atoms with Crippen molar-refractivity contribution in [3.05, 3.63) is 163 Å². The van der Waals surface area contributed by atoms with Gasteiger partial charge in [-0.2, -0.15) is 0 Å². The van der Waals surface area contributed by atoms with Crippen LogP contribution in [0.3, 0.4) is 0 Å². The predicted octanol–water partition coefficient (Wildman–Crippen LogP) is 11.9. The zero-order chi connectivity index (χ0) is 32.8. The number of esters is 1. The molecule has 0 bridgehead atoms. The molecular weight excluding hydrogens is 576 g/mol. The Balaban J connectivity index is 1.27. The quantitative estimate of drug-likeness (QED) is 0.113. The molecule has 0 spiro atoms. The zero-order valence-electron chi connectivity index (χ0n) is 27.4. The van der Waals surface area contributed by atoms with Gasteiger partial charge in [0.1, 0.15) is 5.75 Å². The van der Waals surface area contributed by atoms with Crippen molar-refractivity contribution in [1.29, 1.82) is 0 Å². The molecule has 0 aliphatic carbocycles. The molecule has 0 heterocycles. The monoisotopic (exact) mass is 616 g/mol. The lowest BCUT2D eigenvalue weighted by Crippen LogP contribution is -2.28. The first-order valence-corrected chi connectivity index (χ1v) is 16.1. The standard InChI is InChI=1S/C43H40N2O2/c1-5-43(3,4)42(46)47-41-29-27-39(28-30-41)44(35-14-8-6-9-15-35)37-23-19-33(20-24-37)34-21-25-38(26-22-34)45(36-16-10-7-11-17-36)40-18-12-13-32(2)31-40/h6-31H,5H2,1-4H3. The Hall–Kier alpha value is -5.61. The molecule has 0 aromatic heterocycles. The number of para-hydroxylation sites is 2. The third-order valence-electron chi connectivity index (χ3n) is 8.61. The van der Waals surface area contributed by atoms with Gasteiger partial charge in [-0.1, -0.05) is 79.7 Å². The summed E-state index contributed by atoms with van der Waals surface area (Å²) in [7, 11) is 0. The van der Waals surface area contributed by atoms with Crippen LogP contribution in [0.2, 0.25) is 0 Å². The second-order valence-electron chi connectivity index (χ2n) is 12.4. The van der Waals surface area contributed by atoms with E-state index in [1.807, 2.05) is 69.3 Å². The van der Waals surface area contributed by atoms with Gasteiger partial charge < -0.3 is 14.5 Å². The van der Waals surface area contributed by atoms with Crippen LogP contribution in [0.25, 0.3) is 11.1 Å². The SMILES string of the molecule is CCC(C)(C)C(=O)Oc1ccc(N(c2ccccc2)c2ccc(-c3ccc(N(c4ccccc4)c4cccc(C)c4)cc3)cc2)cc1. The van der Waals surface area contributed by atoms with Crippen molar-refractivity contribution in [2.75, 3.05) is 9.80 Å². The molecule has 4 nitrogen and oxygen atoms in total. The highest BCUT2D eigenvalue weighted by atomic mass is 16.5. The van der Waals surface area contributed by atoms with E-state index < -0.39 is 5.41 Å². The second kappa shape index (κ2) is 13.8. The number of hydrogen-bond donors (Lipinski definition) is 0. The lowest BCUT2D eigenvalue weighted by Gasteiger charge is -2.26. The Morgan fingerprint density at radius 2 is 0.936 bits per heavy atom. The van der Waals surface area contributed by atoms with Gasteiger partial charge in [0, 0.05) is 34.1 Å². The summed E-state index contributed by atoms with van der Waals surface area (Å²) in [6, 6.07) is 54.4. The minimum atomic E-state index is -0.529. The topological polar surface area (TPSA) is 32.8 Å². The first kappa shape index (κ1) is 31.4. The normalized spacial score (nSPS) is 11.1. The smallest absolute Gasteiger partial charge is 0.316 e. The van der Waals surface area contributed by atoms with Gasteiger partial charge in [0.15, 0.2) is 0 Å². The van der Waals surface area contributed by atoms with Gasteiger partial charge in [-0.25, -0.2) is 0 Å². The molecule has 0 amide bonds. The highest BCUT2D eigenvalue weighted by molar-refractivity contribution is 5.82. The predicted molar refractivity (Wildman–Crippen MR) is 196 cm³/mol. The molecule has 0 aliphatic heterocycles. The average molecular weight is 617 g/mol. The molecule has 0 N–H and O–H groups in total. The van der Waals surface area contributed by atoms with Gasteiger partial charge in [-0.3, -0.25) is 4.79 Å². The number of carbonyl (C=O) groups is 1. The van der Waals surface area contributed by atoms with Gasteiger partial charge in [0.25, 0.3) is 0 Å². The van der Waals surface area contributed by atoms with E-state index in [2.05, 4.69) is 126 Å². The fraction of sp³-hybridized carbons (Fsp3) is 0.140. The maximum atomic E-state index is 12.6. The molecule has 0 saturated heterocycles. The molecule has 0 atom stereocenters. The van der Waals surface area contributed by atoms with Crippen molar-refractivity contribution >= 4 is 40.1 Å². The van der Waals surface area contributed by atoms with E-state index in [0.29, 0.717) is 12.2 Å². The molecule has 0 unspecified atom stereocenters. The van der Waals surface area contributed by atoms with E-state index in [0.717, 1.165) is 45.3 Å². The number of carbonyl (C=O) groups excluding carboxylic acids is 1. The molecule has 234 valence electrons. The number of ether oxygens (including phenoxy) is 1. The third kappa shape index (κ3) is 7.13. The molecule has 0 saturated carbocycles. The van der Waals surface area contributed by atoms with Gasteiger partial charge in [0.2, 0.25) is 0 Å². The van der Waals surface area contributed by atoms with Crippen LogP contribution in [-0.2, 0) is 4.79 Å². The fourth-order valence-electron chi connectivity index (χ4n) is 5.47. The van der Waals surface area contributed by atoms with Crippen molar-refractivity contribution in [2.45, 2.75) is 34.1 Å². The minimum absolute atomic E-state index is 0.223. The third-order valence-corrected chi connectivity index (χ3v) is 8.61. The van der Waals surface area contributed by atoms with Crippen molar-refractivity contribution in [3.63, 3.8) is 0 Å². The number of nitrogens with zero attached hydrogens (tertiary/aromatic N) is 2. The molecule has 6 aromatic carbocycles. The van der Waals surface area contributed by atoms with Crippen LogP contribution in [-0.4, -0.2) is 5.97 Å². The van der Waals surface area contributed by atoms with Crippen molar-refractivity contribution in [3.8, 4) is 16.9 Å². The van der Waals surface area contributed by atoms with Crippen LogP contribution in [0.4, 0.5) is 34.1 Å². The molecule has 47 heavy (non-hydrogen) atoms. The van der Waals surface area contributed by atoms with Crippen LogP contribution in [0.15, 0.2) is 158 Å². The summed E-state index contributed by atoms with van der Waals surface area (Å²) in [6.07, 6.45) is 0.714. The number of rotatable bonds is 10. The molecular formula is C43H40N2O2. The Morgan fingerprint density at radius 1 is 0.532 bits per heavy atom. The van der Waals surface area contributed by atoms with Crippen molar-refractivity contribution < 1.29 is 9.53 Å². The van der Waals surface area contributed by atoms with Crippen molar-refractivity contribution in [2.24, 2.45) is 5.41 Å². The largest absolute Gasteiger partial charge is 0.426 e.